The molecular formula is C9H5F2N3O4. The molecule has 2 aromatic rings. The van der Waals surface area contributed by atoms with Crippen molar-refractivity contribution in [3.05, 3.63) is 24.5 Å². The summed E-state index contributed by atoms with van der Waals surface area (Å²) >= 11 is 0. The minimum atomic E-state index is -2.99. The lowest BCUT2D eigenvalue weighted by Crippen LogP contribution is -2.04. The zero-order valence-corrected chi connectivity index (χ0v) is 8.58. The number of oxazole rings is 1. The summed E-state index contributed by atoms with van der Waals surface area (Å²) in [6.45, 7) is -2.99. The maximum Gasteiger partial charge on any atom is 0.387 e. The average molecular weight is 257 g/mol. The van der Waals surface area contributed by atoms with E-state index in [4.69, 9.17) is 5.11 Å². The van der Waals surface area contributed by atoms with Gasteiger partial charge in [-0.05, 0) is 0 Å². The van der Waals surface area contributed by atoms with Crippen LogP contribution in [0, 0.1) is 0 Å². The van der Waals surface area contributed by atoms with E-state index in [0.29, 0.717) is 0 Å². The molecule has 1 N–H and O–H groups in total. The number of aromatic carboxylic acids is 1. The number of halogens is 2. The smallest absolute Gasteiger partial charge is 0.387 e. The molecule has 0 fully saturated rings. The van der Waals surface area contributed by atoms with Crippen molar-refractivity contribution in [1.29, 1.82) is 0 Å². The highest BCUT2D eigenvalue weighted by Crippen LogP contribution is 2.20. The Balaban J connectivity index is 2.29. The van der Waals surface area contributed by atoms with Gasteiger partial charge in [-0.25, -0.2) is 19.7 Å². The molecule has 2 aromatic heterocycles. The highest BCUT2D eigenvalue weighted by atomic mass is 19.3. The molecule has 2 heterocycles. The summed E-state index contributed by atoms with van der Waals surface area (Å²) in [5.41, 5.74) is -0.0916. The van der Waals surface area contributed by atoms with Crippen LogP contribution in [0.3, 0.4) is 0 Å². The van der Waals surface area contributed by atoms with Gasteiger partial charge in [0.15, 0.2) is 23.7 Å². The minimum absolute atomic E-state index is 0.0669. The molecule has 94 valence electrons. The predicted molar refractivity (Wildman–Crippen MR) is 51.1 cm³/mol. The van der Waals surface area contributed by atoms with E-state index in [1.807, 2.05) is 0 Å². The van der Waals surface area contributed by atoms with Gasteiger partial charge in [-0.15, -0.1) is 0 Å². The maximum atomic E-state index is 11.9. The number of carboxylic acid groups (broad SMARTS) is 1. The van der Waals surface area contributed by atoms with E-state index in [9.17, 15) is 13.6 Å². The third-order valence-electron chi connectivity index (χ3n) is 1.83. The molecule has 0 aliphatic heterocycles. The summed E-state index contributed by atoms with van der Waals surface area (Å²) in [7, 11) is 0. The van der Waals surface area contributed by atoms with Gasteiger partial charge in [0.2, 0.25) is 5.76 Å². The van der Waals surface area contributed by atoms with Crippen molar-refractivity contribution in [2.45, 2.75) is 6.61 Å². The molecule has 0 spiro atoms. The Kier molecular flexibility index (Phi) is 3.13. The van der Waals surface area contributed by atoms with Gasteiger partial charge in [0.1, 0.15) is 0 Å². The standard InChI is InChI=1S/C9H5F2N3O4/c10-9(11)18-4-1-12-7(13-2-4)5-6(8(15)16)17-3-14-5/h1-3,9H,(H,15,16). The van der Waals surface area contributed by atoms with Crippen LogP contribution in [0.2, 0.25) is 0 Å². The van der Waals surface area contributed by atoms with Crippen molar-refractivity contribution in [2.24, 2.45) is 0 Å². The second-order valence-corrected chi connectivity index (χ2v) is 2.96. The number of aromatic nitrogens is 3. The van der Waals surface area contributed by atoms with Crippen LogP contribution in [-0.4, -0.2) is 32.6 Å². The number of alkyl halides is 2. The monoisotopic (exact) mass is 257 g/mol. The lowest BCUT2D eigenvalue weighted by Gasteiger charge is -2.03. The second kappa shape index (κ2) is 4.73. The summed E-state index contributed by atoms with van der Waals surface area (Å²) in [6, 6.07) is 0. The molecule has 0 aliphatic carbocycles. The lowest BCUT2D eigenvalue weighted by atomic mass is 10.3. The Morgan fingerprint density at radius 3 is 2.56 bits per heavy atom. The van der Waals surface area contributed by atoms with E-state index >= 15 is 0 Å². The van der Waals surface area contributed by atoms with Gasteiger partial charge in [0, 0.05) is 0 Å². The average Bonchev–Trinajstić information content (AvgIpc) is 2.78. The zero-order valence-electron chi connectivity index (χ0n) is 8.58. The molecule has 9 heteroatoms. The molecular weight excluding hydrogens is 252 g/mol. The molecule has 2 rings (SSSR count). The normalized spacial score (nSPS) is 10.6. The van der Waals surface area contributed by atoms with Crippen LogP contribution in [0.5, 0.6) is 5.75 Å². The summed E-state index contributed by atoms with van der Waals surface area (Å²) in [4.78, 5) is 21.7. The quantitative estimate of drug-likeness (QED) is 0.884. The van der Waals surface area contributed by atoms with Crippen LogP contribution in [0.25, 0.3) is 11.5 Å². The van der Waals surface area contributed by atoms with Gasteiger partial charge >= 0.3 is 12.6 Å². The van der Waals surface area contributed by atoms with Gasteiger partial charge in [-0.1, -0.05) is 0 Å². The Morgan fingerprint density at radius 2 is 2.00 bits per heavy atom. The van der Waals surface area contributed by atoms with Gasteiger partial charge in [0.25, 0.3) is 0 Å². The van der Waals surface area contributed by atoms with E-state index < -0.39 is 18.3 Å². The number of rotatable bonds is 4. The van der Waals surface area contributed by atoms with Crippen LogP contribution in [-0.2, 0) is 0 Å². The Morgan fingerprint density at radius 1 is 1.33 bits per heavy atom. The molecule has 7 nitrogen and oxygen atoms in total. The number of hydrogen-bond acceptors (Lipinski definition) is 6. The fourth-order valence-corrected chi connectivity index (χ4v) is 1.16. The van der Waals surface area contributed by atoms with Crippen LogP contribution in [0.1, 0.15) is 10.6 Å². The first-order chi connectivity index (χ1) is 8.58. The highest BCUT2D eigenvalue weighted by Gasteiger charge is 2.19. The number of ether oxygens (including phenoxy) is 1. The van der Waals surface area contributed by atoms with Crippen LogP contribution in [0.4, 0.5) is 8.78 Å². The van der Waals surface area contributed by atoms with E-state index in [0.717, 1.165) is 18.8 Å². The van der Waals surface area contributed by atoms with Gasteiger partial charge in [-0.3, -0.25) is 0 Å². The van der Waals surface area contributed by atoms with E-state index in [1.54, 1.807) is 0 Å². The molecule has 0 aromatic carbocycles. The van der Waals surface area contributed by atoms with Gasteiger partial charge in [-0.2, -0.15) is 8.78 Å². The number of carbonyl (C=O) groups is 1. The Labute approximate surface area is 98.1 Å². The first-order valence-corrected chi connectivity index (χ1v) is 4.52. The third-order valence-corrected chi connectivity index (χ3v) is 1.83. The summed E-state index contributed by atoms with van der Waals surface area (Å²) in [6.07, 6.45) is 2.88. The fraction of sp³-hybridized carbons (Fsp3) is 0.111. The zero-order chi connectivity index (χ0) is 13.1. The first kappa shape index (κ1) is 11.9. The molecule has 0 bridgehead atoms. The van der Waals surface area contributed by atoms with E-state index in [2.05, 4.69) is 24.1 Å². The molecule has 18 heavy (non-hydrogen) atoms. The van der Waals surface area contributed by atoms with Crippen molar-refractivity contribution < 1.29 is 27.8 Å². The maximum absolute atomic E-state index is 11.9. The molecule has 0 unspecified atom stereocenters. The number of hydrogen-bond donors (Lipinski definition) is 1. The van der Waals surface area contributed by atoms with Crippen molar-refractivity contribution in [3.63, 3.8) is 0 Å². The molecule has 0 atom stereocenters. The van der Waals surface area contributed by atoms with Gasteiger partial charge in [0.05, 0.1) is 12.4 Å². The molecule has 0 saturated carbocycles. The number of carboxylic acids is 1. The fourth-order valence-electron chi connectivity index (χ4n) is 1.16. The second-order valence-electron chi connectivity index (χ2n) is 2.96. The van der Waals surface area contributed by atoms with Crippen molar-refractivity contribution >= 4 is 5.97 Å². The largest absolute Gasteiger partial charge is 0.475 e. The Hall–Kier alpha value is -2.58. The molecule has 0 saturated heterocycles. The first-order valence-electron chi connectivity index (χ1n) is 4.52. The van der Waals surface area contributed by atoms with Crippen molar-refractivity contribution in [1.82, 2.24) is 15.0 Å². The summed E-state index contributed by atoms with van der Waals surface area (Å²) in [5, 5.41) is 8.78. The van der Waals surface area contributed by atoms with Gasteiger partial charge < -0.3 is 14.3 Å². The molecule has 0 radical (unpaired) electrons. The number of nitrogens with zero attached hydrogens (tertiary/aromatic N) is 3. The molecule has 0 aliphatic rings. The van der Waals surface area contributed by atoms with Crippen molar-refractivity contribution in [2.75, 3.05) is 0 Å². The van der Waals surface area contributed by atoms with Crippen LogP contribution < -0.4 is 4.74 Å². The van der Waals surface area contributed by atoms with E-state index in [-0.39, 0.29) is 17.3 Å². The van der Waals surface area contributed by atoms with Crippen LogP contribution in [0.15, 0.2) is 23.2 Å². The highest BCUT2D eigenvalue weighted by molar-refractivity contribution is 5.90. The van der Waals surface area contributed by atoms with Crippen LogP contribution >= 0.6 is 0 Å². The summed E-state index contributed by atoms with van der Waals surface area (Å²) < 4.78 is 32.4. The lowest BCUT2D eigenvalue weighted by molar-refractivity contribution is -0.0503. The van der Waals surface area contributed by atoms with E-state index in [1.165, 1.54) is 0 Å². The predicted octanol–water partition coefficient (Wildman–Crippen LogP) is 1.43. The summed E-state index contributed by atoms with van der Waals surface area (Å²) in [5.74, 6) is -2.08. The molecule has 0 amide bonds. The topological polar surface area (TPSA) is 98.3 Å². The minimum Gasteiger partial charge on any atom is -0.475 e. The third kappa shape index (κ3) is 2.39. The van der Waals surface area contributed by atoms with Crippen molar-refractivity contribution in [3.8, 4) is 17.3 Å². The Bertz CT molecular complexity index is 555. The SMILES string of the molecule is O=C(O)c1ocnc1-c1ncc(OC(F)F)cn1.